The Morgan fingerprint density at radius 1 is 0.882 bits per heavy atom. The molecule has 34 heavy (non-hydrogen) atoms. The van der Waals surface area contributed by atoms with Crippen molar-refractivity contribution in [2.75, 3.05) is 18.9 Å². The smallest absolute Gasteiger partial charge is 0.262 e. The van der Waals surface area contributed by atoms with Crippen LogP contribution in [0.5, 0.6) is 11.5 Å². The van der Waals surface area contributed by atoms with Crippen LogP contribution in [-0.2, 0) is 10.0 Å². The third-order valence-electron chi connectivity index (χ3n) is 5.62. The molecule has 0 aliphatic rings. The fraction of sp³-hybridized carbons (Fsp3) is 0.269. The number of hydrogen-bond donors (Lipinski definition) is 2. The Labute approximate surface area is 201 Å². The first-order valence-corrected chi connectivity index (χ1v) is 12.3. The molecule has 0 fully saturated rings. The summed E-state index contributed by atoms with van der Waals surface area (Å²) in [5.41, 5.74) is 3.87. The van der Waals surface area contributed by atoms with Crippen molar-refractivity contribution in [3.63, 3.8) is 0 Å². The number of ether oxygens (including phenoxy) is 2. The van der Waals surface area contributed by atoms with Crippen molar-refractivity contribution in [3.8, 4) is 11.5 Å². The van der Waals surface area contributed by atoms with Gasteiger partial charge in [-0.05, 0) is 75.2 Å². The Bertz CT molecular complexity index is 1320. The molecule has 0 heterocycles. The van der Waals surface area contributed by atoms with Crippen LogP contribution in [0.1, 0.15) is 45.6 Å². The Balaban J connectivity index is 1.87. The zero-order valence-electron chi connectivity index (χ0n) is 20.2. The van der Waals surface area contributed by atoms with Crippen LogP contribution in [0, 0.1) is 20.8 Å². The Morgan fingerprint density at radius 2 is 1.62 bits per heavy atom. The lowest BCUT2D eigenvalue weighted by Gasteiger charge is -2.19. The van der Waals surface area contributed by atoms with E-state index in [0.29, 0.717) is 22.7 Å². The van der Waals surface area contributed by atoms with Crippen molar-refractivity contribution in [2.45, 2.75) is 38.6 Å². The molecule has 3 aromatic carbocycles. The Kier molecular flexibility index (Phi) is 7.51. The molecule has 3 aromatic rings. The lowest BCUT2D eigenvalue weighted by molar-refractivity contribution is 0.0939. The molecule has 1 atom stereocenters. The summed E-state index contributed by atoms with van der Waals surface area (Å²) in [7, 11) is -0.782. The number of carbonyl (C=O) groups excluding carboxylic acids is 1. The van der Waals surface area contributed by atoms with E-state index in [4.69, 9.17) is 9.47 Å². The molecule has 0 aliphatic heterocycles. The van der Waals surface area contributed by atoms with E-state index < -0.39 is 22.0 Å². The van der Waals surface area contributed by atoms with Crippen LogP contribution in [0.4, 0.5) is 5.69 Å². The van der Waals surface area contributed by atoms with E-state index in [-0.39, 0.29) is 10.5 Å². The highest BCUT2D eigenvalue weighted by atomic mass is 32.2. The first kappa shape index (κ1) is 25.1. The van der Waals surface area contributed by atoms with Crippen LogP contribution in [0.25, 0.3) is 0 Å². The highest BCUT2D eigenvalue weighted by Crippen LogP contribution is 2.30. The predicted molar refractivity (Wildman–Crippen MR) is 133 cm³/mol. The summed E-state index contributed by atoms with van der Waals surface area (Å²) in [5.74, 6) is 0.844. The van der Waals surface area contributed by atoms with Crippen molar-refractivity contribution < 1.29 is 22.7 Å². The maximum Gasteiger partial charge on any atom is 0.262 e. The van der Waals surface area contributed by atoms with Gasteiger partial charge in [0.2, 0.25) is 0 Å². The fourth-order valence-electron chi connectivity index (χ4n) is 3.69. The molecule has 180 valence electrons. The average Bonchev–Trinajstić information content (AvgIpc) is 2.80. The summed E-state index contributed by atoms with van der Waals surface area (Å²) < 4.78 is 39.7. The molecule has 7 nitrogen and oxygen atoms in total. The summed E-state index contributed by atoms with van der Waals surface area (Å²) in [5, 5.41) is 2.91. The van der Waals surface area contributed by atoms with Gasteiger partial charge < -0.3 is 14.8 Å². The molecule has 1 amide bonds. The first-order chi connectivity index (χ1) is 16.1. The minimum atomic E-state index is -3.90. The summed E-state index contributed by atoms with van der Waals surface area (Å²) in [4.78, 5) is 13.1. The molecule has 0 saturated carbocycles. The molecule has 0 aromatic heterocycles. The predicted octanol–water partition coefficient (Wildman–Crippen LogP) is 4.92. The number of amides is 1. The maximum absolute atomic E-state index is 13.2. The van der Waals surface area contributed by atoms with E-state index >= 15 is 0 Å². The Morgan fingerprint density at radius 3 is 2.26 bits per heavy atom. The van der Waals surface area contributed by atoms with E-state index in [1.165, 1.54) is 6.07 Å². The molecule has 8 heteroatoms. The summed E-state index contributed by atoms with van der Waals surface area (Å²) in [6.45, 7) is 7.31. The van der Waals surface area contributed by atoms with Gasteiger partial charge in [-0.15, -0.1) is 0 Å². The van der Waals surface area contributed by atoms with Gasteiger partial charge in [-0.1, -0.05) is 23.8 Å². The quantitative estimate of drug-likeness (QED) is 0.475. The summed E-state index contributed by atoms with van der Waals surface area (Å²) in [6.07, 6.45) is 0. The zero-order valence-corrected chi connectivity index (χ0v) is 21.0. The van der Waals surface area contributed by atoms with Crippen molar-refractivity contribution >= 4 is 21.6 Å². The molecular formula is C26H30N2O5S. The van der Waals surface area contributed by atoms with Crippen molar-refractivity contribution in [2.24, 2.45) is 0 Å². The van der Waals surface area contributed by atoms with E-state index in [1.807, 2.05) is 32.9 Å². The number of methoxy groups -OCH3 is 2. The van der Waals surface area contributed by atoms with Crippen LogP contribution in [-0.4, -0.2) is 28.5 Å². The number of rotatable bonds is 8. The topological polar surface area (TPSA) is 93.7 Å². The average molecular weight is 483 g/mol. The van der Waals surface area contributed by atoms with E-state index in [9.17, 15) is 13.2 Å². The molecule has 0 spiro atoms. The molecule has 2 N–H and O–H groups in total. The van der Waals surface area contributed by atoms with Gasteiger partial charge in [-0.25, -0.2) is 8.42 Å². The molecule has 3 rings (SSSR count). The molecular weight excluding hydrogens is 452 g/mol. The zero-order chi connectivity index (χ0) is 25.0. The third kappa shape index (κ3) is 5.51. The van der Waals surface area contributed by atoms with Crippen LogP contribution >= 0.6 is 0 Å². The van der Waals surface area contributed by atoms with Gasteiger partial charge >= 0.3 is 0 Å². The normalized spacial score (nSPS) is 12.1. The number of sulfonamides is 1. The van der Waals surface area contributed by atoms with E-state index in [2.05, 4.69) is 10.0 Å². The van der Waals surface area contributed by atoms with Crippen molar-refractivity contribution in [1.29, 1.82) is 0 Å². The second kappa shape index (κ2) is 10.2. The van der Waals surface area contributed by atoms with Crippen LogP contribution < -0.4 is 19.5 Å². The third-order valence-corrected chi connectivity index (χ3v) is 7.12. The van der Waals surface area contributed by atoms with Gasteiger partial charge in [0.15, 0.2) is 0 Å². The minimum absolute atomic E-state index is 0.0479. The monoisotopic (exact) mass is 482 g/mol. The fourth-order valence-corrected chi connectivity index (χ4v) is 5.10. The van der Waals surface area contributed by atoms with Gasteiger partial charge in [0.1, 0.15) is 11.5 Å². The number of benzene rings is 3. The highest BCUT2D eigenvalue weighted by molar-refractivity contribution is 7.92. The number of carbonyl (C=O) groups is 1. The molecule has 0 saturated heterocycles. The van der Waals surface area contributed by atoms with Crippen molar-refractivity contribution in [1.82, 2.24) is 5.32 Å². The van der Waals surface area contributed by atoms with Gasteiger partial charge in [-0.2, -0.15) is 0 Å². The lowest BCUT2D eigenvalue weighted by Crippen LogP contribution is -2.27. The number of anilines is 1. The maximum atomic E-state index is 13.2. The second-order valence-electron chi connectivity index (χ2n) is 8.21. The number of hydrogen-bond acceptors (Lipinski definition) is 5. The molecule has 0 radical (unpaired) electrons. The number of nitrogens with one attached hydrogen (secondary N) is 2. The Hall–Kier alpha value is -3.52. The van der Waals surface area contributed by atoms with E-state index in [0.717, 1.165) is 16.7 Å². The molecule has 0 bridgehead atoms. The van der Waals surface area contributed by atoms with Gasteiger partial charge in [-0.3, -0.25) is 9.52 Å². The molecule has 0 aliphatic carbocycles. The molecule has 1 unspecified atom stereocenters. The summed E-state index contributed by atoms with van der Waals surface area (Å²) >= 11 is 0. The van der Waals surface area contributed by atoms with Crippen molar-refractivity contribution in [3.05, 3.63) is 82.4 Å². The standard InChI is InChI=1S/C26H30N2O5S/c1-16-7-11-23(18(3)13-16)28-34(30,31)25-14-20(9-8-17(25)2)26(29)27-19(4)22-15-21(32-5)10-12-24(22)33-6/h7-15,19,28H,1-6H3,(H,27,29). The lowest BCUT2D eigenvalue weighted by atomic mass is 10.1. The van der Waals surface area contributed by atoms with Gasteiger partial charge in [0.25, 0.3) is 15.9 Å². The van der Waals surface area contributed by atoms with Gasteiger partial charge in [0, 0.05) is 11.1 Å². The first-order valence-electron chi connectivity index (χ1n) is 10.8. The van der Waals surface area contributed by atoms with Crippen LogP contribution in [0.15, 0.2) is 59.5 Å². The highest BCUT2D eigenvalue weighted by Gasteiger charge is 2.22. The largest absolute Gasteiger partial charge is 0.497 e. The summed E-state index contributed by atoms with van der Waals surface area (Å²) in [6, 6.07) is 15.0. The minimum Gasteiger partial charge on any atom is -0.497 e. The number of aryl methyl sites for hydroxylation is 3. The van der Waals surface area contributed by atoms with Crippen LogP contribution in [0.2, 0.25) is 0 Å². The van der Waals surface area contributed by atoms with Gasteiger partial charge in [0.05, 0.1) is 30.8 Å². The van der Waals surface area contributed by atoms with Crippen LogP contribution in [0.3, 0.4) is 0 Å². The van der Waals surface area contributed by atoms with E-state index in [1.54, 1.807) is 57.5 Å². The SMILES string of the molecule is COc1ccc(OC)c(C(C)NC(=O)c2ccc(C)c(S(=O)(=O)Nc3ccc(C)cc3C)c2)c1. The second-order valence-corrected chi connectivity index (χ2v) is 9.86.